The second kappa shape index (κ2) is 9.21. The molecule has 0 amide bonds. The molecular formula is C23H19Br2NO3S2. The third kappa shape index (κ3) is 4.55. The van der Waals surface area contributed by atoms with Gasteiger partial charge in [0.15, 0.2) is 11.1 Å². The van der Waals surface area contributed by atoms with E-state index in [0.29, 0.717) is 16.0 Å². The largest absolute Gasteiger partial charge is 0.302 e. The van der Waals surface area contributed by atoms with E-state index in [9.17, 15) is 13.0 Å². The normalized spacial score (nSPS) is 13.7. The van der Waals surface area contributed by atoms with Crippen LogP contribution in [0, 0.1) is 0 Å². The highest BCUT2D eigenvalue weighted by Gasteiger charge is 2.22. The number of halogens is 2. The molecule has 0 spiro atoms. The summed E-state index contributed by atoms with van der Waals surface area (Å²) in [5.41, 5.74) is 1.31. The Morgan fingerprint density at radius 3 is 1.74 bits per heavy atom. The summed E-state index contributed by atoms with van der Waals surface area (Å²) in [7, 11) is -1.51. The highest BCUT2D eigenvalue weighted by molar-refractivity contribution is 9.10. The molecule has 4 aromatic rings. The maximum atomic E-state index is 13.3. The van der Waals surface area contributed by atoms with Crippen molar-refractivity contribution in [3.8, 4) is 11.1 Å². The highest BCUT2D eigenvalue weighted by atomic mass is 79.9. The SMILES string of the molecule is CC(C)NS(=O)c1ccc2cc(Br)ccc2c1-c1c(S(=O)O)ccc2cc(Br)ccc12. The average Bonchev–Trinajstić information content (AvgIpc) is 2.71. The molecule has 8 heteroatoms. The molecule has 0 bridgehead atoms. The molecule has 160 valence electrons. The zero-order chi connectivity index (χ0) is 22.3. The molecular weight excluding hydrogens is 562 g/mol. The quantitative estimate of drug-likeness (QED) is 0.255. The van der Waals surface area contributed by atoms with E-state index in [1.54, 1.807) is 6.07 Å². The Bertz CT molecular complexity index is 1370. The maximum Gasteiger partial charge on any atom is 0.187 e. The van der Waals surface area contributed by atoms with Crippen LogP contribution >= 0.6 is 31.9 Å². The summed E-state index contributed by atoms with van der Waals surface area (Å²) >= 11 is 4.79. The number of hydrogen-bond donors (Lipinski definition) is 2. The summed E-state index contributed by atoms with van der Waals surface area (Å²) in [5.74, 6) is 0. The lowest BCUT2D eigenvalue weighted by Crippen LogP contribution is -2.25. The predicted octanol–water partition coefficient (Wildman–Crippen LogP) is 6.79. The Kier molecular flexibility index (Phi) is 6.76. The molecule has 0 heterocycles. The van der Waals surface area contributed by atoms with Gasteiger partial charge in [-0.1, -0.05) is 56.1 Å². The van der Waals surface area contributed by atoms with Gasteiger partial charge in [-0.25, -0.2) is 13.1 Å². The standard InChI is InChI=1S/C23H19Br2NO3S2/c1-13(2)26-30(27)20-9-3-14-11-16(24)5-7-18(14)22(20)23-19-8-6-17(25)12-15(19)4-10-21(23)31(28)29/h3-13,26H,1-2H3,(H,28,29). The average molecular weight is 581 g/mol. The molecule has 0 fully saturated rings. The van der Waals surface area contributed by atoms with Crippen LogP contribution in [0.3, 0.4) is 0 Å². The fourth-order valence-electron chi connectivity index (χ4n) is 3.65. The Morgan fingerprint density at radius 1 is 0.774 bits per heavy atom. The number of hydrogen-bond acceptors (Lipinski definition) is 2. The number of benzene rings is 4. The number of rotatable bonds is 5. The molecule has 4 nitrogen and oxygen atoms in total. The van der Waals surface area contributed by atoms with Crippen LogP contribution in [0.1, 0.15) is 13.8 Å². The van der Waals surface area contributed by atoms with Gasteiger partial charge in [0.25, 0.3) is 0 Å². The molecule has 4 aromatic carbocycles. The van der Waals surface area contributed by atoms with Gasteiger partial charge in [0.05, 0.1) is 9.79 Å². The molecule has 4 rings (SSSR count). The van der Waals surface area contributed by atoms with Gasteiger partial charge in [-0.2, -0.15) is 0 Å². The van der Waals surface area contributed by atoms with Crippen LogP contribution < -0.4 is 4.72 Å². The van der Waals surface area contributed by atoms with Gasteiger partial charge in [-0.3, -0.25) is 0 Å². The van der Waals surface area contributed by atoms with Crippen LogP contribution in [-0.4, -0.2) is 19.0 Å². The molecule has 2 atom stereocenters. The molecule has 0 aromatic heterocycles. The Labute approximate surface area is 202 Å². The lowest BCUT2D eigenvalue weighted by molar-refractivity contribution is 0.565. The van der Waals surface area contributed by atoms with E-state index in [0.717, 1.165) is 30.5 Å². The predicted molar refractivity (Wildman–Crippen MR) is 136 cm³/mol. The Hall–Kier alpha value is -1.42. The zero-order valence-electron chi connectivity index (χ0n) is 16.7. The van der Waals surface area contributed by atoms with Crippen molar-refractivity contribution in [2.24, 2.45) is 0 Å². The zero-order valence-corrected chi connectivity index (χ0v) is 21.5. The van der Waals surface area contributed by atoms with Crippen LogP contribution in [0.15, 0.2) is 79.4 Å². The molecule has 31 heavy (non-hydrogen) atoms. The van der Waals surface area contributed by atoms with Gasteiger partial charge in [0, 0.05) is 26.1 Å². The Morgan fingerprint density at radius 2 is 1.26 bits per heavy atom. The second-order valence-corrected chi connectivity index (χ2v) is 11.4. The molecule has 0 radical (unpaired) electrons. The van der Waals surface area contributed by atoms with E-state index in [4.69, 9.17) is 0 Å². The summed E-state index contributed by atoms with van der Waals surface area (Å²) in [6.45, 7) is 3.86. The lowest BCUT2D eigenvalue weighted by atomic mass is 9.94. The van der Waals surface area contributed by atoms with Crippen molar-refractivity contribution in [2.75, 3.05) is 0 Å². The first-order chi connectivity index (χ1) is 14.8. The van der Waals surface area contributed by atoms with Crippen molar-refractivity contribution >= 4 is 75.5 Å². The van der Waals surface area contributed by atoms with E-state index in [1.807, 2.05) is 68.4 Å². The molecule has 2 N–H and O–H groups in total. The first kappa shape index (κ1) is 22.8. The van der Waals surface area contributed by atoms with E-state index < -0.39 is 22.1 Å². The van der Waals surface area contributed by atoms with Crippen LogP contribution in [-0.2, 0) is 22.1 Å². The van der Waals surface area contributed by atoms with Crippen molar-refractivity contribution in [2.45, 2.75) is 29.7 Å². The Balaban J connectivity index is 2.18. The van der Waals surface area contributed by atoms with Crippen molar-refractivity contribution < 1.29 is 13.0 Å². The molecule has 0 saturated heterocycles. The fraction of sp³-hybridized carbons (Fsp3) is 0.130. The topological polar surface area (TPSA) is 66.4 Å². The van der Waals surface area contributed by atoms with Crippen LogP contribution in [0.4, 0.5) is 0 Å². The second-order valence-electron chi connectivity index (χ2n) is 7.40. The third-order valence-electron chi connectivity index (χ3n) is 4.87. The molecule has 0 aliphatic rings. The minimum absolute atomic E-state index is 0.00390. The van der Waals surface area contributed by atoms with Gasteiger partial charge < -0.3 is 4.55 Å². The van der Waals surface area contributed by atoms with Crippen molar-refractivity contribution in [3.05, 3.63) is 69.6 Å². The molecule has 0 aliphatic heterocycles. The number of nitrogens with one attached hydrogen (secondary N) is 1. The van der Waals surface area contributed by atoms with Crippen molar-refractivity contribution in [1.82, 2.24) is 4.72 Å². The first-order valence-electron chi connectivity index (χ1n) is 9.50. The summed E-state index contributed by atoms with van der Waals surface area (Å²) in [6.07, 6.45) is 0. The van der Waals surface area contributed by atoms with E-state index in [-0.39, 0.29) is 10.9 Å². The molecule has 0 saturated carbocycles. The minimum atomic E-state index is -2.22. The van der Waals surface area contributed by atoms with Crippen LogP contribution in [0.2, 0.25) is 0 Å². The van der Waals surface area contributed by atoms with Gasteiger partial charge >= 0.3 is 0 Å². The minimum Gasteiger partial charge on any atom is -0.302 e. The lowest BCUT2D eigenvalue weighted by Gasteiger charge is -2.19. The van der Waals surface area contributed by atoms with Crippen molar-refractivity contribution in [3.63, 3.8) is 0 Å². The molecule has 2 unspecified atom stereocenters. The van der Waals surface area contributed by atoms with E-state index in [1.165, 1.54) is 0 Å². The summed E-state index contributed by atoms with van der Waals surface area (Å²) in [6, 6.07) is 18.9. The van der Waals surface area contributed by atoms with E-state index >= 15 is 0 Å². The van der Waals surface area contributed by atoms with Crippen molar-refractivity contribution in [1.29, 1.82) is 0 Å². The smallest absolute Gasteiger partial charge is 0.187 e. The van der Waals surface area contributed by atoms with Gasteiger partial charge in [-0.05, 0) is 71.8 Å². The highest BCUT2D eigenvalue weighted by Crippen LogP contribution is 2.42. The summed E-state index contributed by atoms with van der Waals surface area (Å²) in [5, 5.41) is 3.54. The monoisotopic (exact) mass is 579 g/mol. The van der Waals surface area contributed by atoms with Crippen LogP contribution in [0.5, 0.6) is 0 Å². The fourth-order valence-corrected chi connectivity index (χ4v) is 6.13. The molecule has 0 aliphatic carbocycles. The summed E-state index contributed by atoms with van der Waals surface area (Å²) in [4.78, 5) is 0.860. The third-order valence-corrected chi connectivity index (χ3v) is 8.00. The number of fused-ring (bicyclic) bond motifs is 2. The van der Waals surface area contributed by atoms with Gasteiger partial charge in [0.1, 0.15) is 11.0 Å². The van der Waals surface area contributed by atoms with E-state index in [2.05, 4.69) is 36.6 Å². The van der Waals surface area contributed by atoms with Gasteiger partial charge in [-0.15, -0.1) is 0 Å². The van der Waals surface area contributed by atoms with Crippen LogP contribution in [0.25, 0.3) is 32.7 Å². The summed E-state index contributed by atoms with van der Waals surface area (Å²) < 4.78 is 40.7. The maximum absolute atomic E-state index is 13.3. The van der Waals surface area contributed by atoms with Gasteiger partial charge in [0.2, 0.25) is 0 Å². The first-order valence-corrected chi connectivity index (χ1v) is 13.3.